The maximum absolute atomic E-state index is 13.4. The number of esters is 1. The van der Waals surface area contributed by atoms with Crippen LogP contribution in [-0.2, 0) is 22.4 Å². The maximum Gasteiger partial charge on any atom is 0.341 e. The fourth-order valence-corrected chi connectivity index (χ4v) is 6.66. The molecule has 0 spiro atoms. The summed E-state index contributed by atoms with van der Waals surface area (Å²) in [7, 11) is 0. The van der Waals surface area contributed by atoms with Crippen LogP contribution in [0.2, 0.25) is 0 Å². The summed E-state index contributed by atoms with van der Waals surface area (Å²) in [6.07, 6.45) is 4.54. The Morgan fingerprint density at radius 1 is 1.15 bits per heavy atom. The van der Waals surface area contributed by atoms with Gasteiger partial charge >= 0.3 is 5.97 Å². The van der Waals surface area contributed by atoms with E-state index in [9.17, 15) is 9.59 Å². The number of anilines is 1. The van der Waals surface area contributed by atoms with Gasteiger partial charge in [-0.05, 0) is 68.2 Å². The van der Waals surface area contributed by atoms with Crippen LogP contribution < -0.4 is 5.32 Å². The molecule has 0 aliphatic heterocycles. The zero-order valence-electron chi connectivity index (χ0n) is 19.2. The van der Waals surface area contributed by atoms with Crippen LogP contribution >= 0.6 is 23.1 Å². The number of pyridine rings is 1. The van der Waals surface area contributed by atoms with Crippen LogP contribution in [-0.4, -0.2) is 38.3 Å². The molecule has 1 unspecified atom stereocenters. The third kappa shape index (κ3) is 4.18. The second-order valence-electron chi connectivity index (χ2n) is 8.21. The zero-order valence-corrected chi connectivity index (χ0v) is 20.8. The number of thiophene rings is 1. The summed E-state index contributed by atoms with van der Waals surface area (Å²) in [5, 5.41) is 13.7. The lowest BCUT2D eigenvalue weighted by molar-refractivity contribution is -0.115. The van der Waals surface area contributed by atoms with Crippen molar-refractivity contribution in [2.24, 2.45) is 0 Å². The minimum Gasteiger partial charge on any atom is -0.462 e. The highest BCUT2D eigenvalue weighted by molar-refractivity contribution is 8.00. The van der Waals surface area contributed by atoms with Gasteiger partial charge in [-0.15, -0.1) is 21.5 Å². The van der Waals surface area contributed by atoms with E-state index in [0.29, 0.717) is 28.7 Å². The second-order valence-corrected chi connectivity index (χ2v) is 10.5. The first-order valence-corrected chi connectivity index (χ1v) is 13.3. The van der Waals surface area contributed by atoms with Crippen molar-refractivity contribution >= 4 is 56.5 Å². The molecule has 34 heavy (non-hydrogen) atoms. The number of carbonyl (C=O) groups is 2. The maximum atomic E-state index is 13.4. The lowest BCUT2D eigenvalue weighted by atomic mass is 9.95. The molecule has 5 rings (SSSR count). The lowest BCUT2D eigenvalue weighted by Crippen LogP contribution is -2.25. The summed E-state index contributed by atoms with van der Waals surface area (Å²) in [5.74, 6) is -0.499. The fourth-order valence-electron chi connectivity index (χ4n) is 4.40. The number of para-hydroxylation sites is 1. The molecule has 1 atom stereocenters. The molecule has 9 heteroatoms. The average Bonchev–Trinajstić information content (AvgIpc) is 3.43. The number of nitrogens with zero attached hydrogens (tertiary/aromatic N) is 3. The van der Waals surface area contributed by atoms with Gasteiger partial charge in [-0.2, -0.15) is 0 Å². The Labute approximate surface area is 205 Å². The standard InChI is InChI=1S/C25H26N4O3S2/c1-3-18(34-25-28-27-20-14-13-15-9-5-7-11-17(15)29(20)25)22(30)26-23-21(24(31)32-4-2)16-10-6-8-12-19(16)33-23/h5,7,9,11,13-14,18H,3-4,6,8,10,12H2,1-2H3,(H,26,30). The van der Waals surface area contributed by atoms with E-state index in [1.807, 2.05) is 47.7 Å². The van der Waals surface area contributed by atoms with E-state index in [-0.39, 0.29) is 17.1 Å². The minimum atomic E-state index is -0.388. The summed E-state index contributed by atoms with van der Waals surface area (Å²) in [4.78, 5) is 27.3. The van der Waals surface area contributed by atoms with Gasteiger partial charge in [0.15, 0.2) is 10.8 Å². The van der Waals surface area contributed by atoms with Crippen LogP contribution in [0.1, 0.15) is 53.9 Å². The predicted molar refractivity (Wildman–Crippen MR) is 136 cm³/mol. The van der Waals surface area contributed by atoms with Crippen LogP contribution in [0, 0.1) is 0 Å². The third-order valence-corrected chi connectivity index (χ3v) is 8.56. The first kappa shape index (κ1) is 22.9. The van der Waals surface area contributed by atoms with Gasteiger partial charge in [0, 0.05) is 4.88 Å². The third-order valence-electron chi connectivity index (χ3n) is 6.05. The first-order valence-electron chi connectivity index (χ1n) is 11.6. The second kappa shape index (κ2) is 9.76. The Bertz CT molecular complexity index is 1380. The number of nitrogens with one attached hydrogen (secondary N) is 1. The molecule has 1 amide bonds. The van der Waals surface area contributed by atoms with E-state index in [2.05, 4.69) is 15.5 Å². The first-order chi connectivity index (χ1) is 16.6. The molecule has 176 valence electrons. The number of aryl methyl sites for hydroxylation is 1. The number of ether oxygens (including phenoxy) is 1. The SMILES string of the molecule is CCOC(=O)c1c(NC(=O)C(CC)Sc2nnc3ccc4ccccc4n23)sc2c1CCCC2. The largest absolute Gasteiger partial charge is 0.462 e. The Hall–Kier alpha value is -2.91. The smallest absolute Gasteiger partial charge is 0.341 e. The monoisotopic (exact) mass is 494 g/mol. The van der Waals surface area contributed by atoms with E-state index in [0.717, 1.165) is 47.8 Å². The molecule has 1 aliphatic rings. The molecule has 1 aliphatic carbocycles. The molecule has 1 N–H and O–H groups in total. The summed E-state index contributed by atoms with van der Waals surface area (Å²) < 4.78 is 7.32. The highest BCUT2D eigenvalue weighted by Crippen LogP contribution is 2.39. The van der Waals surface area contributed by atoms with Gasteiger partial charge in [0.1, 0.15) is 5.00 Å². The molecule has 0 saturated heterocycles. The number of hydrogen-bond donors (Lipinski definition) is 1. The van der Waals surface area contributed by atoms with Gasteiger partial charge in [0.2, 0.25) is 5.91 Å². The van der Waals surface area contributed by atoms with Gasteiger partial charge in [-0.3, -0.25) is 9.20 Å². The number of amides is 1. The topological polar surface area (TPSA) is 85.6 Å². The van der Waals surface area contributed by atoms with Crippen LogP contribution in [0.3, 0.4) is 0 Å². The van der Waals surface area contributed by atoms with Crippen molar-refractivity contribution < 1.29 is 14.3 Å². The van der Waals surface area contributed by atoms with E-state index in [1.165, 1.54) is 28.0 Å². The van der Waals surface area contributed by atoms with Crippen molar-refractivity contribution in [2.75, 3.05) is 11.9 Å². The molecular weight excluding hydrogens is 468 g/mol. The highest BCUT2D eigenvalue weighted by atomic mass is 32.2. The van der Waals surface area contributed by atoms with Gasteiger partial charge in [-0.1, -0.05) is 36.9 Å². The molecular formula is C25H26N4O3S2. The Morgan fingerprint density at radius 3 is 2.79 bits per heavy atom. The fraction of sp³-hybridized carbons (Fsp3) is 0.360. The number of thioether (sulfide) groups is 1. The molecule has 0 fully saturated rings. The van der Waals surface area contributed by atoms with Crippen LogP contribution in [0.4, 0.5) is 5.00 Å². The number of fused-ring (bicyclic) bond motifs is 4. The average molecular weight is 495 g/mol. The van der Waals surface area contributed by atoms with Crippen LogP contribution in [0.15, 0.2) is 41.6 Å². The molecule has 0 bridgehead atoms. The zero-order chi connectivity index (χ0) is 23.7. The minimum absolute atomic E-state index is 0.145. The number of rotatable bonds is 7. The summed E-state index contributed by atoms with van der Waals surface area (Å²) >= 11 is 2.90. The molecule has 7 nitrogen and oxygen atoms in total. The summed E-state index contributed by atoms with van der Waals surface area (Å²) in [5.41, 5.74) is 3.32. The normalized spacial score (nSPS) is 14.2. The number of hydrogen-bond acceptors (Lipinski definition) is 7. The Morgan fingerprint density at radius 2 is 1.97 bits per heavy atom. The summed E-state index contributed by atoms with van der Waals surface area (Å²) in [6.45, 7) is 4.08. The van der Waals surface area contributed by atoms with Gasteiger partial charge in [0.05, 0.1) is 22.9 Å². The van der Waals surface area contributed by atoms with E-state index in [1.54, 1.807) is 6.92 Å². The molecule has 3 heterocycles. The Balaban J connectivity index is 1.44. The van der Waals surface area contributed by atoms with E-state index >= 15 is 0 Å². The van der Waals surface area contributed by atoms with Crippen LogP contribution in [0.25, 0.3) is 16.6 Å². The van der Waals surface area contributed by atoms with Crippen molar-refractivity contribution in [3.05, 3.63) is 52.4 Å². The quantitative estimate of drug-likeness (QED) is 0.269. The van der Waals surface area contributed by atoms with E-state index in [4.69, 9.17) is 4.74 Å². The highest BCUT2D eigenvalue weighted by Gasteiger charge is 2.29. The number of aromatic nitrogens is 3. The van der Waals surface area contributed by atoms with Gasteiger partial charge in [-0.25, -0.2) is 4.79 Å². The van der Waals surface area contributed by atoms with Crippen molar-refractivity contribution in [3.8, 4) is 0 Å². The molecule has 3 aromatic heterocycles. The van der Waals surface area contributed by atoms with Crippen molar-refractivity contribution in [3.63, 3.8) is 0 Å². The van der Waals surface area contributed by atoms with Crippen LogP contribution in [0.5, 0.6) is 0 Å². The van der Waals surface area contributed by atoms with Gasteiger partial charge in [0.25, 0.3) is 0 Å². The Kier molecular flexibility index (Phi) is 6.56. The van der Waals surface area contributed by atoms with E-state index < -0.39 is 0 Å². The molecule has 1 aromatic carbocycles. The molecule has 0 saturated carbocycles. The lowest BCUT2D eigenvalue weighted by Gasteiger charge is -2.15. The van der Waals surface area contributed by atoms with Crippen molar-refractivity contribution in [1.82, 2.24) is 14.6 Å². The molecule has 4 aromatic rings. The summed E-state index contributed by atoms with van der Waals surface area (Å²) in [6, 6.07) is 12.0. The van der Waals surface area contributed by atoms with Crippen molar-refractivity contribution in [1.29, 1.82) is 0 Å². The number of carbonyl (C=O) groups excluding carboxylic acids is 2. The predicted octanol–water partition coefficient (Wildman–Crippen LogP) is 5.51. The van der Waals surface area contributed by atoms with Gasteiger partial charge < -0.3 is 10.1 Å². The van der Waals surface area contributed by atoms with Crippen molar-refractivity contribution in [2.45, 2.75) is 56.4 Å². The number of benzene rings is 1. The molecule has 0 radical (unpaired) electrons.